The minimum Gasteiger partial charge on any atom is -0.489 e. The molecule has 1 amide bonds. The van der Waals surface area contributed by atoms with Crippen molar-refractivity contribution in [3.63, 3.8) is 0 Å². The van der Waals surface area contributed by atoms with Gasteiger partial charge in [-0.1, -0.05) is 30.3 Å². The van der Waals surface area contributed by atoms with Crippen LogP contribution >= 0.6 is 0 Å². The van der Waals surface area contributed by atoms with E-state index < -0.39 is 11.9 Å². The Morgan fingerprint density at radius 2 is 2.05 bits per heavy atom. The van der Waals surface area contributed by atoms with Gasteiger partial charge in [0.1, 0.15) is 18.2 Å². The van der Waals surface area contributed by atoms with Gasteiger partial charge < -0.3 is 15.8 Å². The average molecular weight is 302 g/mol. The lowest BCUT2D eigenvalue weighted by Crippen LogP contribution is -2.38. The summed E-state index contributed by atoms with van der Waals surface area (Å²) in [7, 11) is 0. The van der Waals surface area contributed by atoms with Crippen LogP contribution in [-0.4, -0.2) is 11.9 Å². The number of hydrogen-bond acceptors (Lipinski definition) is 3. The molecule has 2 aromatic carbocycles. The van der Waals surface area contributed by atoms with Crippen molar-refractivity contribution in [2.45, 2.75) is 26.1 Å². The molecule has 0 saturated heterocycles. The van der Waals surface area contributed by atoms with Gasteiger partial charge in [-0.2, -0.15) is 0 Å². The SMILES string of the molecule is C[C@H](NCc1ccccc1OCc1cccc(F)c1)C(N)=O. The predicted molar refractivity (Wildman–Crippen MR) is 82.7 cm³/mol. The van der Waals surface area contributed by atoms with Gasteiger partial charge in [0.25, 0.3) is 0 Å². The van der Waals surface area contributed by atoms with Gasteiger partial charge in [0, 0.05) is 12.1 Å². The second kappa shape index (κ2) is 7.56. The topological polar surface area (TPSA) is 64.3 Å². The molecule has 0 bridgehead atoms. The fourth-order valence-corrected chi connectivity index (χ4v) is 1.94. The number of nitrogens with one attached hydrogen (secondary N) is 1. The molecule has 2 aromatic rings. The van der Waals surface area contributed by atoms with Crippen LogP contribution in [0.25, 0.3) is 0 Å². The third-order valence-electron chi connectivity index (χ3n) is 3.28. The summed E-state index contributed by atoms with van der Waals surface area (Å²) in [5.41, 5.74) is 6.89. The Morgan fingerprint density at radius 1 is 1.27 bits per heavy atom. The highest BCUT2D eigenvalue weighted by atomic mass is 19.1. The molecule has 2 rings (SSSR count). The Balaban J connectivity index is 2.00. The second-order valence-electron chi connectivity index (χ2n) is 5.03. The maximum Gasteiger partial charge on any atom is 0.234 e. The Kier molecular flexibility index (Phi) is 5.49. The average Bonchev–Trinajstić information content (AvgIpc) is 2.51. The number of ether oxygens (including phenoxy) is 1. The van der Waals surface area contributed by atoms with Gasteiger partial charge in [0.05, 0.1) is 6.04 Å². The first-order valence-electron chi connectivity index (χ1n) is 7.04. The molecule has 0 aliphatic heterocycles. The first-order valence-corrected chi connectivity index (χ1v) is 7.04. The third-order valence-corrected chi connectivity index (χ3v) is 3.28. The predicted octanol–water partition coefficient (Wildman–Crippen LogP) is 2.37. The summed E-state index contributed by atoms with van der Waals surface area (Å²) in [5.74, 6) is 0.000395. The first kappa shape index (κ1) is 16.0. The maximum absolute atomic E-state index is 13.1. The molecule has 0 unspecified atom stereocenters. The van der Waals surface area contributed by atoms with E-state index in [0.717, 1.165) is 11.1 Å². The second-order valence-corrected chi connectivity index (χ2v) is 5.03. The minimum absolute atomic E-state index is 0.278. The van der Waals surface area contributed by atoms with Crippen LogP contribution in [0.2, 0.25) is 0 Å². The van der Waals surface area contributed by atoms with Crippen LogP contribution < -0.4 is 15.8 Å². The summed E-state index contributed by atoms with van der Waals surface area (Å²) in [6, 6.07) is 13.4. The molecule has 116 valence electrons. The molecule has 4 nitrogen and oxygen atoms in total. The summed E-state index contributed by atoms with van der Waals surface area (Å²) < 4.78 is 18.9. The fourth-order valence-electron chi connectivity index (χ4n) is 1.94. The number of primary amides is 1. The Hall–Kier alpha value is -2.40. The van der Waals surface area contributed by atoms with Gasteiger partial charge in [-0.05, 0) is 30.7 Å². The zero-order valence-electron chi connectivity index (χ0n) is 12.4. The molecule has 0 spiro atoms. The molecule has 0 aliphatic rings. The van der Waals surface area contributed by atoms with E-state index in [1.807, 2.05) is 24.3 Å². The molecule has 5 heteroatoms. The highest BCUT2D eigenvalue weighted by molar-refractivity contribution is 5.79. The van der Waals surface area contributed by atoms with E-state index in [-0.39, 0.29) is 12.4 Å². The Bertz CT molecular complexity index is 646. The number of nitrogens with two attached hydrogens (primary N) is 1. The zero-order chi connectivity index (χ0) is 15.9. The summed E-state index contributed by atoms with van der Waals surface area (Å²) in [6.07, 6.45) is 0. The molecule has 3 N–H and O–H groups in total. The van der Waals surface area contributed by atoms with Crippen LogP contribution in [0.4, 0.5) is 4.39 Å². The molecular formula is C17H19FN2O2. The number of benzene rings is 2. The molecule has 22 heavy (non-hydrogen) atoms. The van der Waals surface area contributed by atoms with Crippen LogP contribution in [0.1, 0.15) is 18.1 Å². The third kappa shape index (κ3) is 4.56. The molecular weight excluding hydrogens is 283 g/mol. The zero-order valence-corrected chi connectivity index (χ0v) is 12.4. The number of para-hydroxylation sites is 1. The monoisotopic (exact) mass is 302 g/mol. The van der Waals surface area contributed by atoms with Gasteiger partial charge in [0.15, 0.2) is 0 Å². The van der Waals surface area contributed by atoms with Crippen LogP contribution in [0.3, 0.4) is 0 Å². The molecule has 1 atom stereocenters. The van der Waals surface area contributed by atoms with Crippen molar-refractivity contribution in [3.05, 3.63) is 65.5 Å². The van der Waals surface area contributed by atoms with E-state index in [0.29, 0.717) is 12.3 Å². The number of carbonyl (C=O) groups is 1. The van der Waals surface area contributed by atoms with E-state index in [4.69, 9.17) is 10.5 Å². The van der Waals surface area contributed by atoms with E-state index in [1.54, 1.807) is 19.1 Å². The summed E-state index contributed by atoms with van der Waals surface area (Å²) in [5, 5.41) is 3.03. The summed E-state index contributed by atoms with van der Waals surface area (Å²) in [6.45, 7) is 2.45. The Labute approximate surface area is 129 Å². The molecule has 0 heterocycles. The lowest BCUT2D eigenvalue weighted by Gasteiger charge is -2.14. The van der Waals surface area contributed by atoms with Crippen LogP contribution in [0.5, 0.6) is 5.75 Å². The smallest absolute Gasteiger partial charge is 0.234 e. The summed E-state index contributed by atoms with van der Waals surface area (Å²) >= 11 is 0. The van der Waals surface area contributed by atoms with Crippen LogP contribution in [0.15, 0.2) is 48.5 Å². The standard InChI is InChI=1S/C17H19FN2O2/c1-12(17(19)21)20-10-14-6-2-3-8-16(14)22-11-13-5-4-7-15(18)9-13/h2-9,12,20H,10-11H2,1H3,(H2,19,21)/t12-/m0/s1. The van der Waals surface area contributed by atoms with Crippen LogP contribution in [0, 0.1) is 5.82 Å². The highest BCUT2D eigenvalue weighted by Crippen LogP contribution is 2.19. The minimum atomic E-state index is -0.420. The molecule has 0 aromatic heterocycles. The van der Waals surface area contributed by atoms with Crippen molar-refractivity contribution in [3.8, 4) is 5.75 Å². The van der Waals surface area contributed by atoms with E-state index in [9.17, 15) is 9.18 Å². The summed E-state index contributed by atoms with van der Waals surface area (Å²) in [4.78, 5) is 11.0. The fraction of sp³-hybridized carbons (Fsp3) is 0.235. The molecule has 0 fully saturated rings. The van der Waals surface area contributed by atoms with Crippen molar-refractivity contribution in [1.29, 1.82) is 0 Å². The number of carbonyl (C=O) groups excluding carboxylic acids is 1. The van der Waals surface area contributed by atoms with Gasteiger partial charge >= 0.3 is 0 Å². The number of rotatable bonds is 7. The van der Waals surface area contributed by atoms with Gasteiger partial charge in [-0.25, -0.2) is 4.39 Å². The van der Waals surface area contributed by atoms with Crippen LogP contribution in [-0.2, 0) is 17.9 Å². The van der Waals surface area contributed by atoms with E-state index >= 15 is 0 Å². The number of amides is 1. The normalized spacial score (nSPS) is 11.9. The molecule has 0 saturated carbocycles. The quantitative estimate of drug-likeness (QED) is 0.825. The number of hydrogen-bond donors (Lipinski definition) is 2. The lowest BCUT2D eigenvalue weighted by molar-refractivity contribution is -0.119. The van der Waals surface area contributed by atoms with Gasteiger partial charge in [-0.15, -0.1) is 0 Å². The van der Waals surface area contributed by atoms with Crippen molar-refractivity contribution in [2.24, 2.45) is 5.73 Å². The lowest BCUT2D eigenvalue weighted by atomic mass is 10.2. The van der Waals surface area contributed by atoms with Gasteiger partial charge in [-0.3, -0.25) is 4.79 Å². The Morgan fingerprint density at radius 3 is 2.77 bits per heavy atom. The van der Waals surface area contributed by atoms with E-state index in [1.165, 1.54) is 12.1 Å². The van der Waals surface area contributed by atoms with Crippen molar-refractivity contribution in [1.82, 2.24) is 5.32 Å². The van der Waals surface area contributed by atoms with Crippen molar-refractivity contribution in [2.75, 3.05) is 0 Å². The highest BCUT2D eigenvalue weighted by Gasteiger charge is 2.09. The first-order chi connectivity index (χ1) is 10.6. The number of halogens is 1. The largest absolute Gasteiger partial charge is 0.489 e. The molecule has 0 radical (unpaired) electrons. The maximum atomic E-state index is 13.1. The van der Waals surface area contributed by atoms with Gasteiger partial charge in [0.2, 0.25) is 5.91 Å². The molecule has 0 aliphatic carbocycles. The van der Waals surface area contributed by atoms with Crippen molar-refractivity contribution >= 4 is 5.91 Å². The van der Waals surface area contributed by atoms with E-state index in [2.05, 4.69) is 5.32 Å². The van der Waals surface area contributed by atoms with Crippen molar-refractivity contribution < 1.29 is 13.9 Å².